The van der Waals surface area contributed by atoms with E-state index in [1.165, 1.54) is 18.1 Å². The zero-order chi connectivity index (χ0) is 17.6. The first-order valence-corrected chi connectivity index (χ1v) is 8.85. The average molecular weight is 353 g/mol. The van der Waals surface area contributed by atoms with E-state index < -0.39 is 0 Å². The normalized spacial score (nSPS) is 10.6. The molecular formula is C19H19N3O2S. The number of rotatable bonds is 6. The molecule has 0 saturated heterocycles. The third-order valence-electron chi connectivity index (χ3n) is 3.82. The van der Waals surface area contributed by atoms with Gasteiger partial charge in [0.05, 0.1) is 18.4 Å². The molecule has 1 aromatic heterocycles. The quantitative estimate of drug-likeness (QED) is 0.502. The second kappa shape index (κ2) is 7.98. The van der Waals surface area contributed by atoms with Crippen LogP contribution in [0.4, 0.5) is 0 Å². The number of amides is 1. The summed E-state index contributed by atoms with van der Waals surface area (Å²) in [6.07, 6.45) is 1.54. The molecule has 5 nitrogen and oxygen atoms in total. The van der Waals surface area contributed by atoms with Gasteiger partial charge in [0, 0.05) is 19.0 Å². The topological polar surface area (TPSA) is 55.3 Å². The van der Waals surface area contributed by atoms with Crippen molar-refractivity contribution in [2.24, 2.45) is 0 Å². The second-order valence-electron chi connectivity index (χ2n) is 5.59. The number of hydrogen-bond acceptors (Lipinski definition) is 5. The fraction of sp³-hybridized carbons (Fsp3) is 0.211. The lowest BCUT2D eigenvalue weighted by Crippen LogP contribution is -2.27. The van der Waals surface area contributed by atoms with Gasteiger partial charge in [-0.3, -0.25) is 4.79 Å². The van der Waals surface area contributed by atoms with Crippen molar-refractivity contribution in [1.29, 1.82) is 0 Å². The molecule has 0 bridgehead atoms. The molecule has 0 spiro atoms. The minimum Gasteiger partial charge on any atom is -0.497 e. The first kappa shape index (κ1) is 17.2. The number of para-hydroxylation sites is 1. The maximum absolute atomic E-state index is 12.4. The van der Waals surface area contributed by atoms with Gasteiger partial charge in [-0.25, -0.2) is 9.97 Å². The lowest BCUT2D eigenvalue weighted by Gasteiger charge is -2.17. The number of methoxy groups -OCH3 is 1. The van der Waals surface area contributed by atoms with E-state index in [2.05, 4.69) is 9.97 Å². The molecule has 0 aliphatic rings. The summed E-state index contributed by atoms with van der Waals surface area (Å²) in [6.45, 7) is 0.543. The molecule has 0 saturated carbocycles. The van der Waals surface area contributed by atoms with Crippen molar-refractivity contribution in [3.05, 3.63) is 60.4 Å². The molecule has 6 heteroatoms. The van der Waals surface area contributed by atoms with E-state index in [-0.39, 0.29) is 5.91 Å². The molecule has 0 N–H and O–H groups in total. The number of nitrogens with zero attached hydrogens (tertiary/aromatic N) is 3. The van der Waals surface area contributed by atoms with Crippen LogP contribution in [0.5, 0.6) is 5.75 Å². The Bertz CT molecular complexity index is 880. The number of hydrogen-bond donors (Lipinski definition) is 0. The molecule has 3 rings (SSSR count). The predicted octanol–water partition coefficient (Wildman–Crippen LogP) is 3.39. The summed E-state index contributed by atoms with van der Waals surface area (Å²) in [5.41, 5.74) is 1.92. The molecule has 1 heterocycles. The largest absolute Gasteiger partial charge is 0.497 e. The Morgan fingerprint density at radius 1 is 1.16 bits per heavy atom. The number of benzene rings is 2. The van der Waals surface area contributed by atoms with E-state index in [0.29, 0.717) is 12.3 Å². The molecule has 0 radical (unpaired) electrons. The van der Waals surface area contributed by atoms with Crippen LogP contribution in [0.25, 0.3) is 10.9 Å². The molecule has 1 amide bonds. The van der Waals surface area contributed by atoms with Crippen molar-refractivity contribution in [2.75, 3.05) is 19.9 Å². The number of carbonyl (C=O) groups excluding carboxylic acids is 1. The van der Waals surface area contributed by atoms with Gasteiger partial charge in [-0.1, -0.05) is 42.1 Å². The van der Waals surface area contributed by atoms with Gasteiger partial charge in [0.1, 0.15) is 17.1 Å². The van der Waals surface area contributed by atoms with E-state index in [0.717, 1.165) is 27.2 Å². The highest BCUT2D eigenvalue weighted by Gasteiger charge is 2.12. The molecule has 0 aliphatic heterocycles. The molecule has 25 heavy (non-hydrogen) atoms. The minimum atomic E-state index is 0.0514. The zero-order valence-corrected chi connectivity index (χ0v) is 15.0. The van der Waals surface area contributed by atoms with Crippen LogP contribution in [0.3, 0.4) is 0 Å². The lowest BCUT2D eigenvalue weighted by molar-refractivity contribution is -0.127. The smallest absolute Gasteiger partial charge is 0.233 e. The van der Waals surface area contributed by atoms with Crippen molar-refractivity contribution < 1.29 is 9.53 Å². The van der Waals surface area contributed by atoms with Crippen molar-refractivity contribution in [3.63, 3.8) is 0 Å². The van der Waals surface area contributed by atoms with Crippen LogP contribution in [0.15, 0.2) is 59.9 Å². The fourth-order valence-corrected chi connectivity index (χ4v) is 3.40. The summed E-state index contributed by atoms with van der Waals surface area (Å²) >= 11 is 1.44. The standard InChI is InChI=1S/C19H19N3O2S/c1-22(11-14-6-5-7-15(10-14)24-2)18(23)12-25-19-16-8-3-4-9-17(16)20-13-21-19/h3-10,13H,11-12H2,1-2H3. The lowest BCUT2D eigenvalue weighted by atomic mass is 10.2. The summed E-state index contributed by atoms with van der Waals surface area (Å²) in [5, 5.41) is 1.80. The highest BCUT2D eigenvalue weighted by Crippen LogP contribution is 2.24. The van der Waals surface area contributed by atoms with Crippen LogP contribution in [-0.4, -0.2) is 40.7 Å². The first-order chi connectivity index (χ1) is 12.2. The van der Waals surface area contributed by atoms with Crippen molar-refractivity contribution in [1.82, 2.24) is 14.9 Å². The molecule has 2 aromatic carbocycles. The fourth-order valence-electron chi connectivity index (χ4n) is 2.47. The van der Waals surface area contributed by atoms with Crippen LogP contribution in [0, 0.1) is 0 Å². The number of ether oxygens (including phenoxy) is 1. The van der Waals surface area contributed by atoms with Gasteiger partial charge >= 0.3 is 0 Å². The Hall–Kier alpha value is -2.60. The van der Waals surface area contributed by atoms with E-state index in [1.807, 2.05) is 48.5 Å². The molecule has 3 aromatic rings. The summed E-state index contributed by atoms with van der Waals surface area (Å²) in [6, 6.07) is 15.5. The SMILES string of the molecule is COc1cccc(CN(C)C(=O)CSc2ncnc3ccccc23)c1. The van der Waals surface area contributed by atoms with Gasteiger partial charge in [0.25, 0.3) is 0 Å². The average Bonchev–Trinajstić information content (AvgIpc) is 2.66. The Morgan fingerprint density at radius 3 is 2.84 bits per heavy atom. The molecule has 0 unspecified atom stereocenters. The molecule has 0 atom stereocenters. The molecular weight excluding hydrogens is 334 g/mol. The Balaban J connectivity index is 1.63. The molecule has 0 fully saturated rings. The van der Waals surface area contributed by atoms with Gasteiger partial charge in [-0.15, -0.1) is 0 Å². The third kappa shape index (κ3) is 4.28. The van der Waals surface area contributed by atoms with E-state index in [9.17, 15) is 4.79 Å². The summed E-state index contributed by atoms with van der Waals surface area (Å²) < 4.78 is 5.22. The predicted molar refractivity (Wildman–Crippen MR) is 99.7 cm³/mol. The molecule has 128 valence electrons. The van der Waals surface area contributed by atoms with Crippen molar-refractivity contribution in [3.8, 4) is 5.75 Å². The van der Waals surface area contributed by atoms with E-state index in [4.69, 9.17) is 4.74 Å². The van der Waals surface area contributed by atoms with E-state index >= 15 is 0 Å². The monoisotopic (exact) mass is 353 g/mol. The summed E-state index contributed by atoms with van der Waals surface area (Å²) in [4.78, 5) is 22.7. The highest BCUT2D eigenvalue weighted by atomic mass is 32.2. The van der Waals surface area contributed by atoms with Gasteiger partial charge in [0.15, 0.2) is 0 Å². The molecule has 0 aliphatic carbocycles. The van der Waals surface area contributed by atoms with Crippen LogP contribution >= 0.6 is 11.8 Å². The maximum Gasteiger partial charge on any atom is 0.233 e. The first-order valence-electron chi connectivity index (χ1n) is 7.87. The Morgan fingerprint density at radius 2 is 2.00 bits per heavy atom. The Labute approximate surface area is 151 Å². The van der Waals surface area contributed by atoms with Gasteiger partial charge in [0.2, 0.25) is 5.91 Å². The van der Waals surface area contributed by atoms with E-state index in [1.54, 1.807) is 19.1 Å². The minimum absolute atomic E-state index is 0.0514. The summed E-state index contributed by atoms with van der Waals surface area (Å²) in [5.74, 6) is 1.18. The van der Waals surface area contributed by atoms with Gasteiger partial charge in [-0.2, -0.15) is 0 Å². The zero-order valence-electron chi connectivity index (χ0n) is 14.2. The maximum atomic E-state index is 12.4. The van der Waals surface area contributed by atoms with Gasteiger partial charge in [-0.05, 0) is 23.8 Å². The number of thioether (sulfide) groups is 1. The summed E-state index contributed by atoms with van der Waals surface area (Å²) in [7, 11) is 3.44. The van der Waals surface area contributed by atoms with Gasteiger partial charge < -0.3 is 9.64 Å². The number of aromatic nitrogens is 2. The number of fused-ring (bicyclic) bond motifs is 1. The van der Waals surface area contributed by atoms with Crippen LogP contribution < -0.4 is 4.74 Å². The third-order valence-corrected chi connectivity index (χ3v) is 4.81. The van der Waals surface area contributed by atoms with Crippen LogP contribution in [0.1, 0.15) is 5.56 Å². The van der Waals surface area contributed by atoms with Crippen LogP contribution in [-0.2, 0) is 11.3 Å². The van der Waals surface area contributed by atoms with Crippen molar-refractivity contribution in [2.45, 2.75) is 11.6 Å². The van der Waals surface area contributed by atoms with Crippen molar-refractivity contribution >= 4 is 28.6 Å². The Kier molecular flexibility index (Phi) is 5.50. The number of carbonyl (C=O) groups is 1. The second-order valence-corrected chi connectivity index (χ2v) is 6.55. The highest BCUT2D eigenvalue weighted by molar-refractivity contribution is 8.00. The van der Waals surface area contributed by atoms with Crippen LogP contribution in [0.2, 0.25) is 0 Å².